The summed E-state index contributed by atoms with van der Waals surface area (Å²) in [5, 5.41) is 0. The highest BCUT2D eigenvalue weighted by atomic mass is 32.1. The molecule has 0 aromatic carbocycles. The Morgan fingerprint density at radius 3 is 2.42 bits per heavy atom. The number of hydrogen-bond acceptors (Lipinski definition) is 7. The second-order valence-corrected chi connectivity index (χ2v) is 7.46. The third kappa shape index (κ3) is 5.66. The Morgan fingerprint density at radius 1 is 1.15 bits per heavy atom. The SMILES string of the molecule is COC(=O)C1CCN(C(=O)COC(=O)CCC(=O)c2ccc(C)s2)CC1. The predicted molar refractivity (Wildman–Crippen MR) is 94.9 cm³/mol. The van der Waals surface area contributed by atoms with Crippen molar-refractivity contribution in [1.82, 2.24) is 4.90 Å². The van der Waals surface area contributed by atoms with Crippen molar-refractivity contribution in [3.63, 3.8) is 0 Å². The zero-order valence-electron chi connectivity index (χ0n) is 15.0. The van der Waals surface area contributed by atoms with E-state index in [1.807, 2.05) is 13.0 Å². The number of methoxy groups -OCH3 is 1. The molecule has 1 saturated heterocycles. The number of Topliss-reactive ketones (excluding diaryl/α,β-unsaturated/α-hetero) is 1. The molecule has 0 saturated carbocycles. The normalized spacial score (nSPS) is 14.8. The molecule has 1 aliphatic heterocycles. The van der Waals surface area contributed by atoms with E-state index in [1.165, 1.54) is 18.4 Å². The van der Waals surface area contributed by atoms with Gasteiger partial charge in [-0.15, -0.1) is 11.3 Å². The van der Waals surface area contributed by atoms with Crippen LogP contribution in [0.25, 0.3) is 0 Å². The summed E-state index contributed by atoms with van der Waals surface area (Å²) in [7, 11) is 1.35. The lowest BCUT2D eigenvalue weighted by Gasteiger charge is -2.30. The molecular formula is C18H23NO6S. The average Bonchev–Trinajstić information content (AvgIpc) is 3.10. The first-order valence-corrected chi connectivity index (χ1v) is 9.33. The van der Waals surface area contributed by atoms with E-state index in [-0.39, 0.29) is 43.0 Å². The highest BCUT2D eigenvalue weighted by molar-refractivity contribution is 7.14. The second-order valence-electron chi connectivity index (χ2n) is 6.17. The van der Waals surface area contributed by atoms with Crippen LogP contribution in [-0.2, 0) is 23.9 Å². The lowest BCUT2D eigenvalue weighted by atomic mass is 9.97. The molecular weight excluding hydrogens is 358 g/mol. The summed E-state index contributed by atoms with van der Waals surface area (Å²) in [6, 6.07) is 3.60. The first kappa shape index (κ1) is 20.1. The van der Waals surface area contributed by atoms with Gasteiger partial charge in [0.2, 0.25) is 0 Å². The van der Waals surface area contributed by atoms with E-state index in [2.05, 4.69) is 0 Å². The Labute approximate surface area is 156 Å². The molecule has 0 unspecified atom stereocenters. The maximum absolute atomic E-state index is 12.1. The standard InChI is InChI=1S/C18H23NO6S/c1-12-3-5-15(26-12)14(20)4-6-17(22)25-11-16(21)19-9-7-13(8-10-19)18(23)24-2/h3,5,13H,4,6-11H2,1-2H3. The number of nitrogens with zero attached hydrogens (tertiary/aromatic N) is 1. The van der Waals surface area contributed by atoms with Crippen LogP contribution in [0.5, 0.6) is 0 Å². The molecule has 1 aliphatic rings. The summed E-state index contributed by atoms with van der Waals surface area (Å²) < 4.78 is 9.68. The van der Waals surface area contributed by atoms with E-state index in [0.29, 0.717) is 30.8 Å². The van der Waals surface area contributed by atoms with Crippen molar-refractivity contribution in [3.05, 3.63) is 21.9 Å². The van der Waals surface area contributed by atoms with Gasteiger partial charge in [0.25, 0.3) is 5.91 Å². The maximum atomic E-state index is 12.1. The highest BCUT2D eigenvalue weighted by Crippen LogP contribution is 2.19. The maximum Gasteiger partial charge on any atom is 0.308 e. The van der Waals surface area contributed by atoms with E-state index in [1.54, 1.807) is 11.0 Å². The third-order valence-corrected chi connectivity index (χ3v) is 5.35. The number of amides is 1. The summed E-state index contributed by atoms with van der Waals surface area (Å²) >= 11 is 1.39. The van der Waals surface area contributed by atoms with Gasteiger partial charge in [-0.3, -0.25) is 19.2 Å². The van der Waals surface area contributed by atoms with Gasteiger partial charge in [0, 0.05) is 24.4 Å². The van der Waals surface area contributed by atoms with Gasteiger partial charge in [0.15, 0.2) is 12.4 Å². The molecule has 7 nitrogen and oxygen atoms in total. The number of ether oxygens (including phenoxy) is 2. The lowest BCUT2D eigenvalue weighted by Crippen LogP contribution is -2.42. The fourth-order valence-corrected chi connectivity index (χ4v) is 3.60. The van der Waals surface area contributed by atoms with E-state index >= 15 is 0 Å². The Kier molecular flexibility index (Phi) is 7.32. The summed E-state index contributed by atoms with van der Waals surface area (Å²) in [5.41, 5.74) is 0. The zero-order chi connectivity index (χ0) is 19.1. The molecule has 2 heterocycles. The van der Waals surface area contributed by atoms with Gasteiger partial charge in [0.1, 0.15) is 0 Å². The van der Waals surface area contributed by atoms with Crippen LogP contribution in [0, 0.1) is 12.8 Å². The smallest absolute Gasteiger partial charge is 0.308 e. The topological polar surface area (TPSA) is 90.0 Å². The molecule has 0 N–H and O–H groups in total. The Morgan fingerprint density at radius 2 is 1.85 bits per heavy atom. The molecule has 1 aromatic rings. The van der Waals surface area contributed by atoms with Crippen molar-refractivity contribution in [3.8, 4) is 0 Å². The minimum absolute atomic E-state index is 0.0481. The first-order chi connectivity index (χ1) is 12.4. The molecule has 0 radical (unpaired) electrons. The average molecular weight is 381 g/mol. The predicted octanol–water partition coefficient (Wildman–Crippen LogP) is 1.97. The summed E-state index contributed by atoms with van der Waals surface area (Å²) in [6.07, 6.45) is 1.10. The number of carbonyl (C=O) groups excluding carboxylic acids is 4. The monoisotopic (exact) mass is 381 g/mol. The number of likely N-dealkylation sites (tertiary alicyclic amines) is 1. The second kappa shape index (κ2) is 9.47. The summed E-state index contributed by atoms with van der Waals surface area (Å²) in [5.74, 6) is -1.39. The van der Waals surface area contributed by atoms with E-state index in [4.69, 9.17) is 9.47 Å². The van der Waals surface area contributed by atoms with Crippen molar-refractivity contribution >= 4 is 35.0 Å². The minimum Gasteiger partial charge on any atom is -0.469 e. The van der Waals surface area contributed by atoms with Crippen molar-refractivity contribution in [1.29, 1.82) is 0 Å². The summed E-state index contributed by atoms with van der Waals surface area (Å²) in [4.78, 5) is 50.5. The number of ketones is 1. The van der Waals surface area contributed by atoms with Gasteiger partial charge in [-0.2, -0.15) is 0 Å². The van der Waals surface area contributed by atoms with Crippen LogP contribution in [0.15, 0.2) is 12.1 Å². The quantitative estimate of drug-likeness (QED) is 0.530. The number of hydrogen-bond donors (Lipinski definition) is 0. The van der Waals surface area contributed by atoms with Gasteiger partial charge in [-0.1, -0.05) is 0 Å². The number of rotatable bonds is 7. The van der Waals surface area contributed by atoms with Crippen LogP contribution < -0.4 is 0 Å². The van der Waals surface area contributed by atoms with Crippen LogP contribution >= 0.6 is 11.3 Å². The molecule has 2 rings (SSSR count). The van der Waals surface area contributed by atoms with Gasteiger partial charge < -0.3 is 14.4 Å². The number of aryl methyl sites for hydroxylation is 1. The molecule has 0 spiro atoms. The van der Waals surface area contributed by atoms with Gasteiger partial charge >= 0.3 is 11.9 Å². The van der Waals surface area contributed by atoms with Gasteiger partial charge in [-0.25, -0.2) is 0 Å². The van der Waals surface area contributed by atoms with Crippen LogP contribution in [-0.4, -0.2) is 55.3 Å². The molecule has 142 valence electrons. The third-order valence-electron chi connectivity index (χ3n) is 4.31. The van der Waals surface area contributed by atoms with E-state index in [9.17, 15) is 19.2 Å². The molecule has 1 aromatic heterocycles. The van der Waals surface area contributed by atoms with Crippen molar-refractivity contribution < 1.29 is 28.7 Å². The van der Waals surface area contributed by atoms with Crippen LogP contribution in [0.4, 0.5) is 0 Å². The van der Waals surface area contributed by atoms with Gasteiger partial charge in [0.05, 0.1) is 24.3 Å². The van der Waals surface area contributed by atoms with Crippen LogP contribution in [0.1, 0.15) is 40.2 Å². The van der Waals surface area contributed by atoms with Crippen molar-refractivity contribution in [2.24, 2.45) is 5.92 Å². The Hall–Kier alpha value is -2.22. The number of piperidine rings is 1. The highest BCUT2D eigenvalue weighted by Gasteiger charge is 2.28. The molecule has 8 heteroatoms. The van der Waals surface area contributed by atoms with Crippen LogP contribution in [0.2, 0.25) is 0 Å². The molecule has 1 amide bonds. The number of carbonyl (C=O) groups is 4. The number of thiophene rings is 1. The molecule has 0 aliphatic carbocycles. The Bertz CT molecular complexity index is 675. The lowest BCUT2D eigenvalue weighted by molar-refractivity contribution is -0.154. The first-order valence-electron chi connectivity index (χ1n) is 8.51. The Balaban J connectivity index is 1.66. The van der Waals surface area contributed by atoms with Crippen molar-refractivity contribution in [2.45, 2.75) is 32.6 Å². The zero-order valence-corrected chi connectivity index (χ0v) is 15.8. The van der Waals surface area contributed by atoms with Crippen LogP contribution in [0.3, 0.4) is 0 Å². The molecule has 1 fully saturated rings. The number of esters is 2. The van der Waals surface area contributed by atoms with E-state index < -0.39 is 5.97 Å². The van der Waals surface area contributed by atoms with E-state index in [0.717, 1.165) is 4.88 Å². The van der Waals surface area contributed by atoms with Crippen molar-refractivity contribution in [2.75, 3.05) is 26.8 Å². The summed E-state index contributed by atoms with van der Waals surface area (Å²) in [6.45, 7) is 2.45. The minimum atomic E-state index is -0.565. The largest absolute Gasteiger partial charge is 0.469 e. The fraction of sp³-hybridized carbons (Fsp3) is 0.556. The molecule has 26 heavy (non-hydrogen) atoms. The van der Waals surface area contributed by atoms with Gasteiger partial charge in [-0.05, 0) is 31.9 Å². The molecule has 0 bridgehead atoms. The fourth-order valence-electron chi connectivity index (χ4n) is 2.76. The molecule has 0 atom stereocenters.